The molecule has 3 heterocycles. The lowest BCUT2D eigenvalue weighted by Crippen LogP contribution is -1.98. The molecule has 0 saturated carbocycles. The minimum Gasteiger partial charge on any atom is -0.383 e. The lowest BCUT2D eigenvalue weighted by molar-refractivity contribution is 0.779. The quantitative estimate of drug-likeness (QED) is 0.537. The largest absolute Gasteiger partial charge is 0.383 e. The second-order valence-electron chi connectivity index (χ2n) is 3.61. The summed E-state index contributed by atoms with van der Waals surface area (Å²) in [6.07, 6.45) is 3.01. The molecule has 3 aromatic heterocycles. The van der Waals surface area contributed by atoms with Crippen LogP contribution in [0.1, 0.15) is 0 Å². The molecule has 8 heteroatoms. The Morgan fingerprint density at radius 2 is 2.12 bits per heavy atom. The van der Waals surface area contributed by atoms with Gasteiger partial charge in [0.15, 0.2) is 11.5 Å². The Balaban J connectivity index is 2.25. The molecular formula is C9H10N8. The molecule has 0 aliphatic carbocycles. The summed E-state index contributed by atoms with van der Waals surface area (Å²) in [7, 11) is 1.76. The highest BCUT2D eigenvalue weighted by atomic mass is 15.3. The van der Waals surface area contributed by atoms with Crippen molar-refractivity contribution < 1.29 is 0 Å². The second-order valence-corrected chi connectivity index (χ2v) is 3.61. The first-order chi connectivity index (χ1) is 8.16. The summed E-state index contributed by atoms with van der Waals surface area (Å²) in [5.74, 6) is 1.46. The number of nitrogens with zero attached hydrogens (tertiary/aromatic N) is 5. The van der Waals surface area contributed by atoms with Gasteiger partial charge in [-0.2, -0.15) is 5.10 Å². The molecule has 3 aromatic rings. The van der Waals surface area contributed by atoms with Crippen molar-refractivity contribution in [3.8, 4) is 11.4 Å². The van der Waals surface area contributed by atoms with Gasteiger partial charge in [0.1, 0.15) is 23.5 Å². The normalized spacial score (nSPS) is 11.1. The fourth-order valence-electron chi connectivity index (χ4n) is 1.60. The third kappa shape index (κ3) is 1.30. The minimum absolute atomic E-state index is 0.358. The van der Waals surface area contributed by atoms with Crippen molar-refractivity contribution in [2.75, 3.05) is 11.5 Å². The van der Waals surface area contributed by atoms with E-state index in [0.717, 1.165) is 0 Å². The molecule has 0 aliphatic rings. The lowest BCUT2D eigenvalue weighted by atomic mass is 10.3. The van der Waals surface area contributed by atoms with E-state index in [2.05, 4.69) is 25.0 Å². The van der Waals surface area contributed by atoms with Crippen LogP contribution < -0.4 is 11.5 Å². The summed E-state index contributed by atoms with van der Waals surface area (Å²) in [6.45, 7) is 0. The third-order valence-corrected chi connectivity index (χ3v) is 2.56. The van der Waals surface area contributed by atoms with Gasteiger partial charge in [0.05, 0.1) is 11.8 Å². The Labute approximate surface area is 95.7 Å². The maximum absolute atomic E-state index is 5.87. The van der Waals surface area contributed by atoms with E-state index in [-0.39, 0.29) is 0 Å². The number of aromatic amines is 1. The Morgan fingerprint density at radius 1 is 1.29 bits per heavy atom. The zero-order valence-corrected chi connectivity index (χ0v) is 9.05. The molecular weight excluding hydrogens is 220 g/mol. The highest BCUT2D eigenvalue weighted by Gasteiger charge is 2.13. The van der Waals surface area contributed by atoms with Crippen molar-refractivity contribution in [3.63, 3.8) is 0 Å². The Bertz CT molecular complexity index is 694. The number of nitrogens with two attached hydrogens (primary N) is 2. The first-order valence-corrected chi connectivity index (χ1v) is 4.91. The van der Waals surface area contributed by atoms with E-state index in [1.54, 1.807) is 17.9 Å². The molecule has 86 valence electrons. The van der Waals surface area contributed by atoms with Gasteiger partial charge in [-0.05, 0) is 0 Å². The summed E-state index contributed by atoms with van der Waals surface area (Å²) in [5, 5.41) is 4.05. The molecule has 0 atom stereocenters. The number of rotatable bonds is 1. The highest BCUT2D eigenvalue weighted by Crippen LogP contribution is 2.25. The van der Waals surface area contributed by atoms with Crippen LogP contribution in [0.2, 0.25) is 0 Å². The monoisotopic (exact) mass is 230 g/mol. The van der Waals surface area contributed by atoms with Gasteiger partial charge < -0.3 is 16.5 Å². The van der Waals surface area contributed by atoms with E-state index in [9.17, 15) is 0 Å². The summed E-state index contributed by atoms with van der Waals surface area (Å²) in [6, 6.07) is 0. The molecule has 8 nitrogen and oxygen atoms in total. The van der Waals surface area contributed by atoms with Crippen LogP contribution in [-0.4, -0.2) is 29.7 Å². The van der Waals surface area contributed by atoms with Crippen LogP contribution in [0.15, 0.2) is 12.5 Å². The van der Waals surface area contributed by atoms with Crippen LogP contribution in [0.5, 0.6) is 0 Å². The molecule has 0 fully saturated rings. The number of aromatic nitrogens is 6. The molecule has 0 aliphatic heterocycles. The minimum atomic E-state index is 0.358. The van der Waals surface area contributed by atoms with Crippen LogP contribution >= 0.6 is 0 Å². The van der Waals surface area contributed by atoms with Crippen molar-refractivity contribution in [3.05, 3.63) is 12.5 Å². The molecule has 0 radical (unpaired) electrons. The highest BCUT2D eigenvalue weighted by molar-refractivity contribution is 5.85. The lowest BCUT2D eigenvalue weighted by Gasteiger charge is -1.95. The summed E-state index contributed by atoms with van der Waals surface area (Å²) >= 11 is 0. The zero-order chi connectivity index (χ0) is 12.0. The van der Waals surface area contributed by atoms with Crippen LogP contribution in [0.4, 0.5) is 11.6 Å². The number of hydrogen-bond donors (Lipinski definition) is 3. The summed E-state index contributed by atoms with van der Waals surface area (Å²) in [4.78, 5) is 15.2. The standard InChI is InChI=1S/C9H10N8/c1-17-7(11)4(2-14-17)8-15-5-6(10)12-3-13-9(5)16-8/h2-3H,11H2,1H3,(H3,10,12,13,15,16). The maximum atomic E-state index is 5.87. The molecule has 3 rings (SSSR count). The van der Waals surface area contributed by atoms with Gasteiger partial charge >= 0.3 is 0 Å². The molecule has 0 aromatic carbocycles. The number of nitrogens with one attached hydrogen (secondary N) is 1. The van der Waals surface area contributed by atoms with E-state index in [1.165, 1.54) is 6.33 Å². The smallest absolute Gasteiger partial charge is 0.183 e. The molecule has 17 heavy (non-hydrogen) atoms. The van der Waals surface area contributed by atoms with E-state index < -0.39 is 0 Å². The molecule has 0 amide bonds. The van der Waals surface area contributed by atoms with Gasteiger partial charge in [-0.3, -0.25) is 4.68 Å². The van der Waals surface area contributed by atoms with Crippen LogP contribution in [0, 0.1) is 0 Å². The first-order valence-electron chi connectivity index (χ1n) is 4.91. The van der Waals surface area contributed by atoms with Crippen molar-refractivity contribution in [1.82, 2.24) is 29.7 Å². The maximum Gasteiger partial charge on any atom is 0.183 e. The van der Waals surface area contributed by atoms with E-state index in [4.69, 9.17) is 11.5 Å². The number of aryl methyl sites for hydroxylation is 1. The van der Waals surface area contributed by atoms with Crippen molar-refractivity contribution in [1.29, 1.82) is 0 Å². The van der Waals surface area contributed by atoms with Gasteiger partial charge in [-0.25, -0.2) is 15.0 Å². The molecule has 0 unspecified atom stereocenters. The Morgan fingerprint density at radius 3 is 2.76 bits per heavy atom. The van der Waals surface area contributed by atoms with Crippen molar-refractivity contribution in [2.24, 2.45) is 7.05 Å². The average Bonchev–Trinajstić information content (AvgIpc) is 2.85. The number of imidazole rings is 1. The second kappa shape index (κ2) is 3.17. The Hall–Kier alpha value is -2.64. The topological polar surface area (TPSA) is 124 Å². The summed E-state index contributed by atoms with van der Waals surface area (Å²) in [5.41, 5.74) is 13.4. The molecule has 5 N–H and O–H groups in total. The number of fused-ring (bicyclic) bond motifs is 1. The van der Waals surface area contributed by atoms with Crippen molar-refractivity contribution >= 4 is 22.8 Å². The van der Waals surface area contributed by atoms with Crippen LogP contribution in [0.25, 0.3) is 22.6 Å². The predicted molar refractivity (Wildman–Crippen MR) is 62.7 cm³/mol. The zero-order valence-electron chi connectivity index (χ0n) is 9.05. The van der Waals surface area contributed by atoms with E-state index in [0.29, 0.717) is 34.2 Å². The predicted octanol–water partition coefficient (Wildman–Crippen LogP) is -0.0822. The van der Waals surface area contributed by atoms with E-state index >= 15 is 0 Å². The van der Waals surface area contributed by atoms with Gasteiger partial charge in [0.2, 0.25) is 0 Å². The number of hydrogen-bond acceptors (Lipinski definition) is 6. The molecule has 0 saturated heterocycles. The molecule has 0 bridgehead atoms. The average molecular weight is 230 g/mol. The summed E-state index contributed by atoms with van der Waals surface area (Å²) < 4.78 is 1.57. The molecule has 0 spiro atoms. The van der Waals surface area contributed by atoms with Gasteiger partial charge in [-0.1, -0.05) is 0 Å². The SMILES string of the molecule is Cn1ncc(-c2nc3ncnc(N)c3[nH]2)c1N. The van der Waals surface area contributed by atoms with Gasteiger partial charge in [0.25, 0.3) is 0 Å². The van der Waals surface area contributed by atoms with Crippen LogP contribution in [0.3, 0.4) is 0 Å². The fourth-order valence-corrected chi connectivity index (χ4v) is 1.60. The number of H-pyrrole nitrogens is 1. The Kier molecular flexibility index (Phi) is 1.79. The van der Waals surface area contributed by atoms with Crippen molar-refractivity contribution in [2.45, 2.75) is 0 Å². The number of nitrogen functional groups attached to an aromatic ring is 2. The third-order valence-electron chi connectivity index (χ3n) is 2.56. The van der Waals surface area contributed by atoms with Crippen LogP contribution in [-0.2, 0) is 7.05 Å². The first kappa shape index (κ1) is 9.58. The van der Waals surface area contributed by atoms with Gasteiger partial charge in [0, 0.05) is 7.05 Å². The number of anilines is 2. The van der Waals surface area contributed by atoms with E-state index in [1.807, 2.05) is 0 Å². The van der Waals surface area contributed by atoms with Gasteiger partial charge in [-0.15, -0.1) is 0 Å². The fraction of sp³-hybridized carbons (Fsp3) is 0.111.